The number of rotatable bonds is 2. The van der Waals surface area contributed by atoms with Crippen LogP contribution < -0.4 is 64.2 Å². The first-order chi connectivity index (χ1) is 3.89. The number of hydrogen-bond donors (Lipinski definition) is 2. The summed E-state index contributed by atoms with van der Waals surface area (Å²) < 4.78 is 19.1. The number of carbonyl (C=O) groups is 1. The van der Waals surface area contributed by atoms with Crippen LogP contribution in [0.3, 0.4) is 0 Å². The maximum absolute atomic E-state index is 9.54. The molecule has 0 saturated carbocycles. The monoisotopic (exact) mass is 200 g/mol. The van der Waals surface area contributed by atoms with Gasteiger partial charge >= 0.3 is 59.1 Å². The van der Waals surface area contributed by atoms with Crippen molar-refractivity contribution in [2.24, 2.45) is 0 Å². The molecule has 0 radical (unpaired) electrons. The first-order valence-corrected chi connectivity index (χ1v) is 2.72. The molecule has 0 spiro atoms. The van der Waals surface area contributed by atoms with Crippen LogP contribution in [0.1, 0.15) is 0 Å². The Kier molecular flexibility index (Phi) is 11.6. The molecule has 0 heterocycles. The van der Waals surface area contributed by atoms with E-state index in [0.29, 0.717) is 0 Å². The third-order valence-electron chi connectivity index (χ3n) is 0.498. The zero-order valence-corrected chi connectivity index (χ0v) is 10.8. The van der Waals surface area contributed by atoms with Gasteiger partial charge in [-0.2, -0.15) is 0 Å². The van der Waals surface area contributed by atoms with Crippen molar-refractivity contribution in [1.29, 1.82) is 0 Å². The fourth-order valence-corrected chi connectivity index (χ4v) is 0.204. The number of carbonyl (C=O) groups excluding carboxylic acids is 1. The van der Waals surface area contributed by atoms with E-state index in [9.17, 15) is 18.7 Å². The van der Waals surface area contributed by atoms with Crippen molar-refractivity contribution >= 4 is 17.0 Å². The fourth-order valence-electron chi connectivity index (χ4n) is 0.0680. The summed E-state index contributed by atoms with van der Waals surface area (Å²) in [6.45, 7) is 0. The molecule has 0 rings (SSSR count). The van der Waals surface area contributed by atoms with Crippen LogP contribution in [0.5, 0.6) is 0 Å². The van der Waals surface area contributed by atoms with Crippen molar-refractivity contribution in [2.75, 3.05) is 0 Å². The predicted molar refractivity (Wildman–Crippen MR) is 21.1 cm³/mol. The Morgan fingerprint density at radius 1 is 1.36 bits per heavy atom. The Bertz CT molecular complexity index is 141. The zero-order valence-electron chi connectivity index (χ0n) is 5.94. The topological polar surface area (TPSA) is 121 Å². The molecule has 0 fully saturated rings. The van der Waals surface area contributed by atoms with Gasteiger partial charge in [-0.05, 0) is 0 Å². The van der Waals surface area contributed by atoms with Gasteiger partial charge in [0.15, 0.2) is 0 Å². The average Bonchev–Trinajstić information content (AvgIpc) is 1.65. The molecular formula is C2H2Na2O6S. The molecule has 9 heteroatoms. The van der Waals surface area contributed by atoms with Gasteiger partial charge in [0.1, 0.15) is 5.97 Å². The second-order valence-electron chi connectivity index (χ2n) is 1.13. The van der Waals surface area contributed by atoms with E-state index in [0.717, 1.165) is 0 Å². The van der Waals surface area contributed by atoms with Crippen LogP contribution in [-0.2, 0) is 15.9 Å². The summed E-state index contributed by atoms with van der Waals surface area (Å²) in [6.07, 6.45) is 0. The van der Waals surface area contributed by atoms with Crippen LogP contribution >= 0.6 is 0 Å². The van der Waals surface area contributed by atoms with E-state index in [1.165, 1.54) is 0 Å². The van der Waals surface area contributed by atoms with Crippen molar-refractivity contribution in [3.63, 3.8) is 0 Å². The van der Waals surface area contributed by atoms with Crippen molar-refractivity contribution in [1.82, 2.24) is 0 Å². The summed E-state index contributed by atoms with van der Waals surface area (Å²) in [5.41, 5.74) is 0. The van der Waals surface area contributed by atoms with Gasteiger partial charge in [-0.3, -0.25) is 4.21 Å². The van der Waals surface area contributed by atoms with E-state index in [4.69, 9.17) is 10.2 Å². The van der Waals surface area contributed by atoms with Gasteiger partial charge in [0.25, 0.3) is 5.12 Å². The number of hydrogen-bond acceptors (Lipinski definition) is 6. The molecule has 0 bridgehead atoms. The molecule has 0 aromatic carbocycles. The molecule has 11 heavy (non-hydrogen) atoms. The Hall–Kier alpha value is 1.50. The summed E-state index contributed by atoms with van der Waals surface area (Å²) in [6, 6.07) is 0. The minimum absolute atomic E-state index is 0. The molecule has 0 aromatic rings. The molecule has 1 unspecified atom stereocenters. The number of aliphatic hydroxyl groups is 2. The zero-order chi connectivity index (χ0) is 7.65. The second-order valence-corrected chi connectivity index (χ2v) is 2.17. The van der Waals surface area contributed by atoms with Gasteiger partial charge in [-0.1, -0.05) is 0 Å². The van der Waals surface area contributed by atoms with Crippen molar-refractivity contribution in [3.8, 4) is 0 Å². The molecule has 0 aliphatic rings. The van der Waals surface area contributed by atoms with Crippen LogP contribution in [0, 0.1) is 0 Å². The molecule has 0 aliphatic heterocycles. The molecule has 0 aromatic heterocycles. The molecule has 2 N–H and O–H groups in total. The molecule has 1 atom stereocenters. The molecule has 0 aliphatic carbocycles. The van der Waals surface area contributed by atoms with Gasteiger partial charge in [-0.25, -0.2) is 0 Å². The number of aliphatic carboxylic acids is 1. The van der Waals surface area contributed by atoms with Crippen LogP contribution in [0.2, 0.25) is 0 Å². The van der Waals surface area contributed by atoms with Gasteiger partial charge in [0, 0.05) is 11.1 Å². The Morgan fingerprint density at radius 3 is 1.64 bits per heavy atom. The minimum Gasteiger partial charge on any atom is -0.768 e. The summed E-state index contributed by atoms with van der Waals surface area (Å²) in [7, 11) is 0. The average molecular weight is 200 g/mol. The van der Waals surface area contributed by atoms with E-state index in [2.05, 4.69) is 0 Å². The van der Waals surface area contributed by atoms with Crippen LogP contribution in [0.15, 0.2) is 0 Å². The van der Waals surface area contributed by atoms with E-state index in [1.54, 1.807) is 0 Å². The quantitative estimate of drug-likeness (QED) is 0.259. The third kappa shape index (κ3) is 5.69. The van der Waals surface area contributed by atoms with E-state index < -0.39 is 22.2 Å². The maximum Gasteiger partial charge on any atom is 1.00 e. The number of carboxylic acids is 1. The molecule has 54 valence electrons. The molecule has 0 amide bonds. The summed E-state index contributed by atoms with van der Waals surface area (Å²) in [5, 5.41) is 21.6. The van der Waals surface area contributed by atoms with Crippen molar-refractivity contribution in [2.45, 2.75) is 5.12 Å². The minimum atomic E-state index is -3.78. The third-order valence-corrected chi connectivity index (χ3v) is 1.13. The first kappa shape index (κ1) is 18.3. The van der Waals surface area contributed by atoms with Crippen molar-refractivity contribution < 1.29 is 88.0 Å². The van der Waals surface area contributed by atoms with Gasteiger partial charge in [0.2, 0.25) is 0 Å². The summed E-state index contributed by atoms with van der Waals surface area (Å²) in [4.78, 5) is 9.46. The number of carboxylic acid groups (broad SMARTS) is 1. The molecule has 6 nitrogen and oxygen atoms in total. The molecular weight excluding hydrogens is 198 g/mol. The smallest absolute Gasteiger partial charge is 0.768 e. The normalized spacial score (nSPS) is 12.3. The largest absolute Gasteiger partial charge is 1.00 e. The van der Waals surface area contributed by atoms with Crippen LogP contribution in [0.25, 0.3) is 0 Å². The van der Waals surface area contributed by atoms with Gasteiger partial charge in [0.05, 0.1) is 0 Å². The van der Waals surface area contributed by atoms with Gasteiger partial charge < -0.3 is 24.7 Å². The Morgan fingerprint density at radius 2 is 1.64 bits per heavy atom. The Balaban J connectivity index is -0.000000320. The van der Waals surface area contributed by atoms with Crippen LogP contribution in [0.4, 0.5) is 0 Å². The summed E-state index contributed by atoms with van der Waals surface area (Å²) >= 11 is -3.51. The second kappa shape index (κ2) is 6.96. The first-order valence-electron chi connectivity index (χ1n) is 1.64. The standard InChI is InChI=1S/C2H4O6S.2Na/c3-1(4)2(5,6)9(7)8;;/h5-6H,(H,3,4)(H,7,8);;/q;2*+1/p-2. The predicted octanol–water partition coefficient (Wildman–Crippen LogP) is -9.74. The Labute approximate surface area is 109 Å². The SMILES string of the molecule is O=C([O-])C(O)(O)S(=O)[O-].[Na+].[Na+]. The van der Waals surface area contributed by atoms with E-state index in [-0.39, 0.29) is 59.1 Å². The van der Waals surface area contributed by atoms with E-state index >= 15 is 0 Å². The van der Waals surface area contributed by atoms with Crippen LogP contribution in [-0.4, -0.2) is 30.1 Å². The molecule has 0 saturated heterocycles. The van der Waals surface area contributed by atoms with Crippen molar-refractivity contribution in [3.05, 3.63) is 0 Å². The summed E-state index contributed by atoms with van der Waals surface area (Å²) in [5.74, 6) is -2.48. The maximum atomic E-state index is 9.54. The van der Waals surface area contributed by atoms with Gasteiger partial charge in [-0.15, -0.1) is 0 Å². The fraction of sp³-hybridized carbons (Fsp3) is 0.500. The van der Waals surface area contributed by atoms with E-state index in [1.807, 2.05) is 0 Å².